The molecule has 7 nitrogen and oxygen atoms in total. The first-order valence-electron chi connectivity index (χ1n) is 8.82. The molecule has 7 heteroatoms. The van der Waals surface area contributed by atoms with Gasteiger partial charge in [0.15, 0.2) is 11.4 Å². The summed E-state index contributed by atoms with van der Waals surface area (Å²) in [5.74, 6) is -0.611. The van der Waals surface area contributed by atoms with Gasteiger partial charge in [-0.3, -0.25) is 9.59 Å². The molecule has 1 aliphatic carbocycles. The highest BCUT2D eigenvalue weighted by molar-refractivity contribution is 6.05. The molecule has 1 saturated carbocycles. The molecular weight excluding hydrogens is 318 g/mol. The van der Waals surface area contributed by atoms with Gasteiger partial charge >= 0.3 is 0 Å². The van der Waals surface area contributed by atoms with Crippen molar-refractivity contribution in [2.24, 2.45) is 0 Å². The van der Waals surface area contributed by atoms with Gasteiger partial charge in [-0.2, -0.15) is 0 Å². The smallest absolute Gasteiger partial charge is 0.274 e. The van der Waals surface area contributed by atoms with E-state index in [0.29, 0.717) is 6.54 Å². The number of rotatable bonds is 3. The van der Waals surface area contributed by atoms with Crippen molar-refractivity contribution in [3.05, 3.63) is 47.3 Å². The van der Waals surface area contributed by atoms with Crippen LogP contribution < -0.4 is 10.6 Å². The molecule has 0 spiro atoms. The first-order valence-corrected chi connectivity index (χ1v) is 8.82. The van der Waals surface area contributed by atoms with E-state index in [4.69, 9.17) is 0 Å². The molecule has 4 rings (SSSR count). The zero-order chi connectivity index (χ0) is 17.2. The summed E-state index contributed by atoms with van der Waals surface area (Å²) >= 11 is 0. The van der Waals surface area contributed by atoms with E-state index in [1.54, 1.807) is 0 Å². The standard InChI is InChI=1S/C18H21N5O2/c24-17(19-13-9-5-2-6-10-13)15-16-18(25)20-14(11-23(16)22-21-15)12-7-3-1-4-8-12/h1,3-4,7-8,13-14H,2,5-6,9-11H2,(H,19,24)(H,20,25)/t14-/m1/s1. The minimum absolute atomic E-state index is 0.120. The number of amides is 2. The van der Waals surface area contributed by atoms with Crippen LogP contribution in [0.3, 0.4) is 0 Å². The van der Waals surface area contributed by atoms with Crippen LogP contribution in [-0.2, 0) is 6.54 Å². The third-order valence-electron chi connectivity index (χ3n) is 4.97. The fourth-order valence-corrected chi connectivity index (χ4v) is 3.64. The summed E-state index contributed by atoms with van der Waals surface area (Å²) in [6.45, 7) is 0.467. The van der Waals surface area contributed by atoms with E-state index in [1.165, 1.54) is 11.1 Å². The maximum absolute atomic E-state index is 12.6. The minimum Gasteiger partial charge on any atom is -0.348 e. The Morgan fingerprint density at radius 2 is 1.92 bits per heavy atom. The van der Waals surface area contributed by atoms with E-state index in [2.05, 4.69) is 20.9 Å². The van der Waals surface area contributed by atoms with Gasteiger partial charge in [0.25, 0.3) is 11.8 Å². The lowest BCUT2D eigenvalue weighted by Crippen LogP contribution is -2.41. The summed E-state index contributed by atoms with van der Waals surface area (Å²) in [4.78, 5) is 25.1. The zero-order valence-corrected chi connectivity index (χ0v) is 13.9. The number of benzene rings is 1. The van der Waals surface area contributed by atoms with Crippen LogP contribution in [0.2, 0.25) is 0 Å². The Kier molecular flexibility index (Phi) is 4.21. The van der Waals surface area contributed by atoms with Crippen LogP contribution in [-0.4, -0.2) is 32.9 Å². The van der Waals surface area contributed by atoms with Gasteiger partial charge in [-0.15, -0.1) is 5.10 Å². The fourth-order valence-electron chi connectivity index (χ4n) is 3.64. The highest BCUT2D eigenvalue weighted by Gasteiger charge is 2.33. The first-order chi connectivity index (χ1) is 12.2. The number of nitrogens with one attached hydrogen (secondary N) is 2. The minimum atomic E-state index is -0.307. The molecule has 0 saturated heterocycles. The lowest BCUT2D eigenvalue weighted by molar-refractivity contribution is 0.0869. The van der Waals surface area contributed by atoms with Gasteiger partial charge in [0.05, 0.1) is 12.6 Å². The summed E-state index contributed by atoms with van der Waals surface area (Å²) in [7, 11) is 0. The maximum Gasteiger partial charge on any atom is 0.274 e. The third kappa shape index (κ3) is 3.14. The number of nitrogens with zero attached hydrogens (tertiary/aromatic N) is 3. The van der Waals surface area contributed by atoms with Crippen LogP contribution in [0, 0.1) is 0 Å². The topological polar surface area (TPSA) is 88.9 Å². The van der Waals surface area contributed by atoms with Gasteiger partial charge in [-0.05, 0) is 18.4 Å². The second-order valence-electron chi connectivity index (χ2n) is 6.71. The highest BCUT2D eigenvalue weighted by Crippen LogP contribution is 2.22. The van der Waals surface area contributed by atoms with Crippen molar-refractivity contribution in [3.8, 4) is 0 Å². The van der Waals surface area contributed by atoms with Crippen LogP contribution in [0.1, 0.15) is 64.7 Å². The Balaban J connectivity index is 1.53. The van der Waals surface area contributed by atoms with Gasteiger partial charge in [-0.1, -0.05) is 54.8 Å². The molecule has 1 atom stereocenters. The maximum atomic E-state index is 12.6. The molecule has 0 radical (unpaired) electrons. The Morgan fingerprint density at radius 1 is 1.16 bits per heavy atom. The zero-order valence-electron chi connectivity index (χ0n) is 13.9. The Hall–Kier alpha value is -2.70. The molecule has 25 heavy (non-hydrogen) atoms. The summed E-state index contributed by atoms with van der Waals surface area (Å²) in [5, 5.41) is 14.0. The van der Waals surface area contributed by atoms with E-state index in [-0.39, 0.29) is 35.3 Å². The highest BCUT2D eigenvalue weighted by atomic mass is 16.2. The molecule has 1 aromatic carbocycles. The fraction of sp³-hybridized carbons (Fsp3) is 0.444. The van der Waals surface area contributed by atoms with E-state index in [9.17, 15) is 9.59 Å². The van der Waals surface area contributed by atoms with E-state index in [1.807, 2.05) is 30.3 Å². The second kappa shape index (κ2) is 6.66. The quantitative estimate of drug-likeness (QED) is 0.893. The van der Waals surface area contributed by atoms with Crippen LogP contribution in [0.4, 0.5) is 0 Å². The molecule has 2 heterocycles. The van der Waals surface area contributed by atoms with Crippen molar-refractivity contribution in [2.75, 3.05) is 0 Å². The van der Waals surface area contributed by atoms with Gasteiger partial charge < -0.3 is 10.6 Å². The average molecular weight is 339 g/mol. The number of carbonyl (C=O) groups excluding carboxylic acids is 2. The Labute approximate surface area is 145 Å². The number of fused-ring (bicyclic) bond motifs is 1. The second-order valence-corrected chi connectivity index (χ2v) is 6.71. The normalized spacial score (nSPS) is 20.6. The molecule has 2 N–H and O–H groups in total. The third-order valence-corrected chi connectivity index (χ3v) is 4.97. The van der Waals surface area contributed by atoms with Crippen molar-refractivity contribution in [2.45, 2.75) is 50.7 Å². The molecular formula is C18H21N5O2. The van der Waals surface area contributed by atoms with Crippen LogP contribution in [0.5, 0.6) is 0 Å². The molecule has 1 fully saturated rings. The van der Waals surface area contributed by atoms with Crippen molar-refractivity contribution >= 4 is 11.8 Å². The van der Waals surface area contributed by atoms with Crippen LogP contribution in [0.15, 0.2) is 30.3 Å². The lowest BCUT2D eigenvalue weighted by atomic mass is 9.95. The predicted octanol–water partition coefficient (Wildman–Crippen LogP) is 1.83. The summed E-state index contributed by atoms with van der Waals surface area (Å²) in [5.41, 5.74) is 1.38. The SMILES string of the molecule is O=C(NC1CCCCC1)c1nnn2c1C(=O)N[C@@H](c1ccccc1)C2. The first kappa shape index (κ1) is 15.8. The monoisotopic (exact) mass is 339 g/mol. The molecule has 0 unspecified atom stereocenters. The summed E-state index contributed by atoms with van der Waals surface area (Å²) in [6, 6.07) is 9.72. The largest absolute Gasteiger partial charge is 0.348 e. The van der Waals surface area contributed by atoms with E-state index >= 15 is 0 Å². The number of hydrogen-bond acceptors (Lipinski definition) is 4. The molecule has 1 aliphatic heterocycles. The summed E-state index contributed by atoms with van der Waals surface area (Å²) < 4.78 is 1.53. The molecule has 2 aromatic rings. The molecule has 0 bridgehead atoms. The number of hydrogen-bond donors (Lipinski definition) is 2. The number of aromatic nitrogens is 3. The van der Waals surface area contributed by atoms with Crippen LogP contribution >= 0.6 is 0 Å². The van der Waals surface area contributed by atoms with E-state index in [0.717, 1.165) is 31.2 Å². The molecule has 1 aromatic heterocycles. The van der Waals surface area contributed by atoms with Crippen molar-refractivity contribution in [3.63, 3.8) is 0 Å². The van der Waals surface area contributed by atoms with E-state index < -0.39 is 0 Å². The predicted molar refractivity (Wildman–Crippen MR) is 91.0 cm³/mol. The van der Waals surface area contributed by atoms with Gasteiger partial charge in [-0.25, -0.2) is 4.68 Å². The van der Waals surface area contributed by atoms with Gasteiger partial charge in [0.2, 0.25) is 0 Å². The molecule has 2 aliphatic rings. The molecule has 130 valence electrons. The molecule has 2 amide bonds. The average Bonchev–Trinajstić information content (AvgIpc) is 3.08. The summed E-state index contributed by atoms with van der Waals surface area (Å²) in [6.07, 6.45) is 5.44. The van der Waals surface area contributed by atoms with Crippen molar-refractivity contribution in [1.29, 1.82) is 0 Å². The Bertz CT molecular complexity index is 780. The lowest BCUT2D eigenvalue weighted by Gasteiger charge is -2.25. The number of carbonyl (C=O) groups is 2. The van der Waals surface area contributed by atoms with Crippen LogP contribution in [0.25, 0.3) is 0 Å². The Morgan fingerprint density at radius 3 is 2.68 bits per heavy atom. The van der Waals surface area contributed by atoms with Crippen molar-refractivity contribution in [1.82, 2.24) is 25.6 Å². The van der Waals surface area contributed by atoms with Gasteiger partial charge in [0.1, 0.15) is 0 Å². The van der Waals surface area contributed by atoms with Crippen molar-refractivity contribution < 1.29 is 9.59 Å². The van der Waals surface area contributed by atoms with Gasteiger partial charge in [0, 0.05) is 6.04 Å².